The molecule has 27 heavy (non-hydrogen) atoms. The number of methoxy groups -OCH3 is 1. The first-order chi connectivity index (χ1) is 13.2. The van der Waals surface area contributed by atoms with Crippen LogP contribution in [0.5, 0.6) is 5.75 Å². The molecule has 0 saturated carbocycles. The monoisotopic (exact) mass is 366 g/mol. The maximum absolute atomic E-state index is 13.4. The fourth-order valence-corrected chi connectivity index (χ4v) is 3.48. The van der Waals surface area contributed by atoms with Crippen LogP contribution in [0.4, 0.5) is 4.39 Å². The van der Waals surface area contributed by atoms with Crippen molar-refractivity contribution in [3.05, 3.63) is 71.7 Å². The van der Waals surface area contributed by atoms with Crippen LogP contribution in [0.25, 0.3) is 11.3 Å². The van der Waals surface area contributed by atoms with Crippen LogP contribution in [0.3, 0.4) is 0 Å². The number of likely N-dealkylation sites (tertiary alicyclic amines) is 1. The van der Waals surface area contributed by atoms with Gasteiger partial charge in [0.25, 0.3) is 5.91 Å². The first kappa shape index (κ1) is 17.3. The number of hydrogen-bond donors (Lipinski definition) is 0. The summed E-state index contributed by atoms with van der Waals surface area (Å²) in [6.45, 7) is 0.658. The van der Waals surface area contributed by atoms with Gasteiger partial charge in [0.15, 0.2) is 0 Å². The third-order valence-corrected chi connectivity index (χ3v) is 4.86. The number of carbonyl (C=O) groups is 1. The summed E-state index contributed by atoms with van der Waals surface area (Å²) < 4.78 is 23.9. The maximum atomic E-state index is 13.4. The van der Waals surface area contributed by atoms with Crippen molar-refractivity contribution in [3.63, 3.8) is 0 Å². The Labute approximate surface area is 156 Å². The molecule has 0 N–H and O–H groups in total. The molecular weight excluding hydrogens is 347 g/mol. The molecule has 1 atom stereocenters. The number of halogens is 1. The Balaban J connectivity index is 1.56. The highest BCUT2D eigenvalue weighted by molar-refractivity contribution is 5.93. The van der Waals surface area contributed by atoms with Crippen LogP contribution in [0.2, 0.25) is 0 Å². The molecule has 1 aromatic heterocycles. The minimum absolute atomic E-state index is 0.00822. The minimum atomic E-state index is -0.359. The van der Waals surface area contributed by atoms with E-state index in [4.69, 9.17) is 9.26 Å². The number of aromatic nitrogens is 1. The summed E-state index contributed by atoms with van der Waals surface area (Å²) in [5.74, 6) is 0.380. The Hall–Kier alpha value is -3.15. The van der Waals surface area contributed by atoms with Gasteiger partial charge in [0.05, 0.1) is 13.2 Å². The smallest absolute Gasteiger partial charge is 0.292 e. The molecule has 1 fully saturated rings. The zero-order valence-electron chi connectivity index (χ0n) is 14.9. The molecule has 1 saturated heterocycles. The number of nitrogens with zero attached hydrogens (tertiary/aromatic N) is 2. The van der Waals surface area contributed by atoms with Crippen LogP contribution in [0.15, 0.2) is 59.1 Å². The third kappa shape index (κ3) is 3.43. The van der Waals surface area contributed by atoms with Gasteiger partial charge in [-0.15, -0.1) is 0 Å². The molecule has 6 heteroatoms. The fraction of sp³-hybridized carbons (Fsp3) is 0.238. The Kier molecular flexibility index (Phi) is 4.62. The van der Waals surface area contributed by atoms with Gasteiger partial charge in [0, 0.05) is 18.2 Å². The minimum Gasteiger partial charge on any atom is -0.497 e. The van der Waals surface area contributed by atoms with Crippen LogP contribution >= 0.6 is 0 Å². The van der Waals surface area contributed by atoms with Gasteiger partial charge in [-0.1, -0.05) is 29.4 Å². The van der Waals surface area contributed by atoms with E-state index in [1.165, 1.54) is 12.1 Å². The molecule has 4 rings (SSSR count). The maximum Gasteiger partial charge on any atom is 0.292 e. The number of ether oxygens (including phenoxy) is 1. The molecule has 1 aliphatic heterocycles. The Morgan fingerprint density at radius 3 is 2.78 bits per heavy atom. The Bertz CT molecular complexity index is 952. The van der Waals surface area contributed by atoms with Crippen LogP contribution in [0.1, 0.15) is 35.0 Å². The summed E-state index contributed by atoms with van der Waals surface area (Å²) in [4.78, 5) is 14.8. The predicted molar refractivity (Wildman–Crippen MR) is 97.9 cm³/mol. The van der Waals surface area contributed by atoms with Crippen molar-refractivity contribution in [2.24, 2.45) is 0 Å². The van der Waals surface area contributed by atoms with Crippen molar-refractivity contribution in [2.75, 3.05) is 13.7 Å². The molecule has 0 bridgehead atoms. The fourth-order valence-electron chi connectivity index (χ4n) is 3.48. The van der Waals surface area contributed by atoms with Gasteiger partial charge in [-0.05, 0) is 42.7 Å². The van der Waals surface area contributed by atoms with Crippen molar-refractivity contribution < 1.29 is 18.4 Å². The van der Waals surface area contributed by atoms with Crippen molar-refractivity contribution in [3.8, 4) is 17.0 Å². The molecule has 5 nitrogen and oxygen atoms in total. The highest BCUT2D eigenvalue weighted by Gasteiger charge is 2.32. The molecule has 0 aliphatic carbocycles. The lowest BCUT2D eigenvalue weighted by Gasteiger charge is -2.24. The first-order valence-electron chi connectivity index (χ1n) is 8.83. The molecule has 2 aromatic carbocycles. The second-order valence-corrected chi connectivity index (χ2v) is 6.52. The van der Waals surface area contributed by atoms with E-state index in [0.29, 0.717) is 17.8 Å². The molecule has 1 aliphatic rings. The largest absolute Gasteiger partial charge is 0.497 e. The molecule has 1 amide bonds. The summed E-state index contributed by atoms with van der Waals surface area (Å²) in [5.41, 5.74) is 2.08. The lowest BCUT2D eigenvalue weighted by molar-refractivity contribution is 0.0693. The normalized spacial score (nSPS) is 16.5. The van der Waals surface area contributed by atoms with E-state index >= 15 is 0 Å². The van der Waals surface area contributed by atoms with Gasteiger partial charge >= 0.3 is 0 Å². The van der Waals surface area contributed by atoms with E-state index in [9.17, 15) is 9.18 Å². The van der Waals surface area contributed by atoms with E-state index in [-0.39, 0.29) is 23.5 Å². The molecular formula is C21H19FN2O3. The number of amides is 1. The quantitative estimate of drug-likeness (QED) is 0.684. The molecule has 0 spiro atoms. The van der Waals surface area contributed by atoms with Crippen molar-refractivity contribution in [2.45, 2.75) is 18.9 Å². The van der Waals surface area contributed by atoms with Crippen molar-refractivity contribution in [1.29, 1.82) is 0 Å². The molecule has 138 valence electrons. The molecule has 2 heterocycles. The van der Waals surface area contributed by atoms with Crippen LogP contribution in [-0.2, 0) is 0 Å². The average molecular weight is 366 g/mol. The predicted octanol–water partition coefficient (Wildman–Crippen LogP) is 4.47. The molecule has 1 unspecified atom stereocenters. The number of carbonyl (C=O) groups excluding carboxylic acids is 1. The number of benzene rings is 2. The van der Waals surface area contributed by atoms with Gasteiger partial charge in [0.2, 0.25) is 5.76 Å². The van der Waals surface area contributed by atoms with E-state index < -0.39 is 0 Å². The summed E-state index contributed by atoms with van der Waals surface area (Å²) in [5, 5.41) is 3.93. The van der Waals surface area contributed by atoms with E-state index in [1.807, 2.05) is 24.3 Å². The Morgan fingerprint density at radius 1 is 1.22 bits per heavy atom. The first-order valence-corrected chi connectivity index (χ1v) is 8.83. The highest BCUT2D eigenvalue weighted by Crippen LogP contribution is 2.34. The second-order valence-electron chi connectivity index (χ2n) is 6.52. The van der Waals surface area contributed by atoms with Crippen molar-refractivity contribution in [1.82, 2.24) is 10.1 Å². The van der Waals surface area contributed by atoms with Crippen LogP contribution in [0, 0.1) is 5.82 Å². The molecule has 0 radical (unpaired) electrons. The second kappa shape index (κ2) is 7.23. The lowest BCUT2D eigenvalue weighted by atomic mass is 10.0. The van der Waals surface area contributed by atoms with Crippen LogP contribution < -0.4 is 4.74 Å². The van der Waals surface area contributed by atoms with Crippen molar-refractivity contribution >= 4 is 5.91 Å². The summed E-state index contributed by atoms with van der Waals surface area (Å²) in [7, 11) is 1.63. The summed E-state index contributed by atoms with van der Waals surface area (Å²) in [6, 6.07) is 15.4. The van der Waals surface area contributed by atoms with Gasteiger partial charge in [-0.25, -0.2) is 4.39 Å². The zero-order valence-corrected chi connectivity index (χ0v) is 14.9. The lowest BCUT2D eigenvalue weighted by Crippen LogP contribution is -2.30. The average Bonchev–Trinajstić information content (AvgIpc) is 3.37. The van der Waals surface area contributed by atoms with Gasteiger partial charge in [0.1, 0.15) is 17.3 Å². The molecule has 3 aromatic rings. The van der Waals surface area contributed by atoms with Gasteiger partial charge in [-0.3, -0.25) is 4.79 Å². The standard InChI is InChI=1S/C21H19FN2O3/c1-26-17-9-7-14(8-10-17)19-6-3-11-24(19)21(25)20-13-18(23-27-20)15-4-2-5-16(22)12-15/h2,4-5,7-10,12-13,19H,3,6,11H2,1H3. The van der Waals surface area contributed by atoms with E-state index in [2.05, 4.69) is 5.16 Å². The SMILES string of the molecule is COc1ccc(C2CCCN2C(=O)c2cc(-c3cccc(F)c3)no2)cc1. The van der Waals surface area contributed by atoms with Crippen LogP contribution in [-0.4, -0.2) is 29.6 Å². The van der Waals surface area contributed by atoms with E-state index in [0.717, 1.165) is 24.2 Å². The third-order valence-electron chi connectivity index (χ3n) is 4.86. The number of hydrogen-bond acceptors (Lipinski definition) is 4. The topological polar surface area (TPSA) is 55.6 Å². The summed E-state index contributed by atoms with van der Waals surface area (Å²) in [6.07, 6.45) is 1.82. The number of rotatable bonds is 4. The highest BCUT2D eigenvalue weighted by atomic mass is 19.1. The van der Waals surface area contributed by atoms with Gasteiger partial charge < -0.3 is 14.2 Å². The summed E-state index contributed by atoms with van der Waals surface area (Å²) >= 11 is 0. The van der Waals surface area contributed by atoms with E-state index in [1.54, 1.807) is 30.2 Å². The Morgan fingerprint density at radius 2 is 2.04 bits per heavy atom. The van der Waals surface area contributed by atoms with Gasteiger partial charge in [-0.2, -0.15) is 0 Å². The zero-order chi connectivity index (χ0) is 18.8.